The van der Waals surface area contributed by atoms with Crippen LogP contribution in [0.2, 0.25) is 5.02 Å². The van der Waals surface area contributed by atoms with Crippen LogP contribution in [0.15, 0.2) is 24.5 Å². The first-order valence-corrected chi connectivity index (χ1v) is 7.95. The molecule has 1 aliphatic rings. The molecule has 1 aromatic carbocycles. The fraction of sp³-hybridized carbons (Fsp3) is 0.438. The Balaban J connectivity index is 1.96. The van der Waals surface area contributed by atoms with Crippen LogP contribution >= 0.6 is 11.6 Å². The van der Waals surface area contributed by atoms with Gasteiger partial charge in [-0.15, -0.1) is 0 Å². The number of rotatable bonds is 2. The number of hydrogen-bond acceptors (Lipinski definition) is 2. The normalized spacial score (nSPS) is 16.7. The lowest BCUT2D eigenvalue weighted by molar-refractivity contribution is -0.136. The number of anilines is 1. The molecule has 1 aromatic heterocycles. The minimum Gasteiger partial charge on any atom is -0.397 e. The van der Waals surface area contributed by atoms with E-state index in [9.17, 15) is 13.2 Å². The number of halogens is 4. The van der Waals surface area contributed by atoms with Gasteiger partial charge < -0.3 is 5.73 Å². The molecule has 2 aromatic rings. The first-order chi connectivity index (χ1) is 10.9. The van der Waals surface area contributed by atoms with Crippen LogP contribution in [0.3, 0.4) is 0 Å². The fourth-order valence-electron chi connectivity index (χ4n) is 3.05. The quantitative estimate of drug-likeness (QED) is 0.751. The van der Waals surface area contributed by atoms with Crippen LogP contribution in [-0.2, 0) is 6.18 Å². The molecule has 7 heteroatoms. The average Bonchev–Trinajstić information content (AvgIpc) is 2.99. The van der Waals surface area contributed by atoms with Gasteiger partial charge in [0.25, 0.3) is 0 Å². The summed E-state index contributed by atoms with van der Waals surface area (Å²) in [5.74, 6) is 0. The van der Waals surface area contributed by atoms with Crippen LogP contribution in [0.25, 0.3) is 11.1 Å². The van der Waals surface area contributed by atoms with E-state index in [0.717, 1.165) is 31.7 Å². The van der Waals surface area contributed by atoms with Crippen LogP contribution in [-0.4, -0.2) is 9.78 Å². The Morgan fingerprint density at radius 1 is 1.13 bits per heavy atom. The summed E-state index contributed by atoms with van der Waals surface area (Å²) in [6.45, 7) is 0. The number of aromatic nitrogens is 2. The highest BCUT2D eigenvalue weighted by Gasteiger charge is 2.34. The highest BCUT2D eigenvalue weighted by atomic mass is 35.5. The van der Waals surface area contributed by atoms with Gasteiger partial charge in [-0.3, -0.25) is 4.68 Å². The Labute approximate surface area is 137 Å². The van der Waals surface area contributed by atoms with Gasteiger partial charge in [-0.2, -0.15) is 18.3 Å². The lowest BCUT2D eigenvalue weighted by Gasteiger charge is -2.21. The Morgan fingerprint density at radius 2 is 1.83 bits per heavy atom. The highest BCUT2D eigenvalue weighted by molar-refractivity contribution is 6.33. The molecule has 1 saturated carbocycles. The zero-order chi connectivity index (χ0) is 16.6. The minimum atomic E-state index is -4.54. The molecule has 3 rings (SSSR count). The summed E-state index contributed by atoms with van der Waals surface area (Å²) in [6, 6.07) is 2.81. The Morgan fingerprint density at radius 3 is 2.48 bits per heavy atom. The van der Waals surface area contributed by atoms with Crippen molar-refractivity contribution < 1.29 is 13.2 Å². The van der Waals surface area contributed by atoms with E-state index >= 15 is 0 Å². The van der Waals surface area contributed by atoms with Crippen molar-refractivity contribution in [2.75, 3.05) is 5.73 Å². The van der Waals surface area contributed by atoms with E-state index < -0.39 is 17.4 Å². The molecule has 0 bridgehead atoms. The average molecular weight is 344 g/mol. The third-order valence-electron chi connectivity index (χ3n) is 4.32. The molecule has 0 atom stereocenters. The monoisotopic (exact) mass is 343 g/mol. The molecule has 0 radical (unpaired) electrons. The Kier molecular flexibility index (Phi) is 4.27. The van der Waals surface area contributed by atoms with Gasteiger partial charge in [-0.1, -0.05) is 30.9 Å². The molecular formula is C16H17ClF3N3. The molecule has 0 amide bonds. The van der Waals surface area contributed by atoms with Gasteiger partial charge in [0.2, 0.25) is 0 Å². The van der Waals surface area contributed by atoms with Crippen LogP contribution < -0.4 is 5.73 Å². The zero-order valence-electron chi connectivity index (χ0n) is 12.4. The molecule has 1 fully saturated rings. The first kappa shape index (κ1) is 16.2. The minimum absolute atomic E-state index is 0.0970. The molecule has 124 valence electrons. The van der Waals surface area contributed by atoms with Gasteiger partial charge in [-0.05, 0) is 30.5 Å². The van der Waals surface area contributed by atoms with Crippen molar-refractivity contribution in [2.24, 2.45) is 0 Å². The fourth-order valence-corrected chi connectivity index (χ4v) is 3.27. The number of alkyl halides is 3. The predicted molar refractivity (Wildman–Crippen MR) is 84.2 cm³/mol. The zero-order valence-corrected chi connectivity index (χ0v) is 13.2. The summed E-state index contributed by atoms with van der Waals surface area (Å²) >= 11 is 5.88. The van der Waals surface area contributed by atoms with E-state index in [1.807, 2.05) is 4.68 Å². The van der Waals surface area contributed by atoms with E-state index in [2.05, 4.69) is 5.10 Å². The molecule has 1 aliphatic carbocycles. The second kappa shape index (κ2) is 6.07. The van der Waals surface area contributed by atoms with Crippen molar-refractivity contribution in [2.45, 2.75) is 44.3 Å². The maximum absolute atomic E-state index is 13.1. The number of nitrogens with two attached hydrogens (primary N) is 1. The van der Waals surface area contributed by atoms with Crippen molar-refractivity contribution in [3.8, 4) is 11.1 Å². The topological polar surface area (TPSA) is 43.8 Å². The van der Waals surface area contributed by atoms with Crippen LogP contribution in [0.4, 0.5) is 18.9 Å². The van der Waals surface area contributed by atoms with Gasteiger partial charge in [0.05, 0.1) is 28.5 Å². The van der Waals surface area contributed by atoms with Gasteiger partial charge in [-0.25, -0.2) is 0 Å². The van der Waals surface area contributed by atoms with Gasteiger partial charge in [0.1, 0.15) is 0 Å². The van der Waals surface area contributed by atoms with E-state index in [-0.39, 0.29) is 5.02 Å². The van der Waals surface area contributed by atoms with E-state index in [1.54, 1.807) is 12.4 Å². The van der Waals surface area contributed by atoms with Crippen LogP contribution in [0.1, 0.15) is 43.7 Å². The summed E-state index contributed by atoms with van der Waals surface area (Å²) in [4.78, 5) is 0. The standard InChI is InChI=1S/C16H17ClF3N3/c17-14-7-10(6-13(15(14)21)16(18,19)20)11-8-22-23(9-11)12-4-2-1-3-5-12/h6-9,12H,1-5,21H2. The van der Waals surface area contributed by atoms with Gasteiger partial charge in [0, 0.05) is 11.8 Å². The van der Waals surface area contributed by atoms with Gasteiger partial charge in [0.15, 0.2) is 0 Å². The molecule has 1 heterocycles. The molecule has 0 unspecified atom stereocenters. The smallest absolute Gasteiger partial charge is 0.397 e. The lowest BCUT2D eigenvalue weighted by Crippen LogP contribution is -2.12. The summed E-state index contributed by atoms with van der Waals surface area (Å²) in [5.41, 5.74) is 5.10. The molecule has 23 heavy (non-hydrogen) atoms. The summed E-state index contributed by atoms with van der Waals surface area (Å²) in [5, 5.41) is 4.22. The maximum Gasteiger partial charge on any atom is 0.418 e. The number of hydrogen-bond donors (Lipinski definition) is 1. The van der Waals surface area contributed by atoms with Crippen LogP contribution in [0, 0.1) is 0 Å². The van der Waals surface area contributed by atoms with Crippen LogP contribution in [0.5, 0.6) is 0 Å². The molecule has 2 N–H and O–H groups in total. The van der Waals surface area contributed by atoms with Crippen molar-refractivity contribution >= 4 is 17.3 Å². The Bertz CT molecular complexity index is 703. The third kappa shape index (κ3) is 3.32. The first-order valence-electron chi connectivity index (χ1n) is 7.57. The van der Waals surface area contributed by atoms with E-state index in [1.165, 1.54) is 12.5 Å². The SMILES string of the molecule is Nc1c(Cl)cc(-c2cnn(C3CCCCC3)c2)cc1C(F)(F)F. The maximum atomic E-state index is 13.1. The van der Waals surface area contributed by atoms with Crippen molar-refractivity contribution in [1.82, 2.24) is 9.78 Å². The summed E-state index contributed by atoms with van der Waals surface area (Å²) in [7, 11) is 0. The van der Waals surface area contributed by atoms with Crippen molar-refractivity contribution in [1.29, 1.82) is 0 Å². The predicted octanol–water partition coefficient (Wildman–Crippen LogP) is 5.31. The molecule has 0 saturated heterocycles. The summed E-state index contributed by atoms with van der Waals surface area (Å²) < 4.78 is 41.0. The Hall–Kier alpha value is -1.69. The molecule has 3 nitrogen and oxygen atoms in total. The number of nitrogen functional groups attached to an aromatic ring is 1. The molecular weight excluding hydrogens is 327 g/mol. The molecule has 0 aliphatic heterocycles. The second-order valence-electron chi connectivity index (χ2n) is 5.92. The largest absolute Gasteiger partial charge is 0.418 e. The lowest BCUT2D eigenvalue weighted by atomic mass is 9.96. The summed E-state index contributed by atoms with van der Waals surface area (Å²) in [6.07, 6.45) is 4.48. The second-order valence-corrected chi connectivity index (χ2v) is 6.33. The van der Waals surface area contributed by atoms with Gasteiger partial charge >= 0.3 is 6.18 Å². The van der Waals surface area contributed by atoms with E-state index in [0.29, 0.717) is 17.2 Å². The van der Waals surface area contributed by atoms with E-state index in [4.69, 9.17) is 17.3 Å². The number of nitrogens with zero attached hydrogens (tertiary/aromatic N) is 2. The van der Waals surface area contributed by atoms with Crippen molar-refractivity contribution in [3.05, 3.63) is 35.1 Å². The third-order valence-corrected chi connectivity index (χ3v) is 4.63. The van der Waals surface area contributed by atoms with Crippen molar-refractivity contribution in [3.63, 3.8) is 0 Å². The highest BCUT2D eigenvalue weighted by Crippen LogP contribution is 2.40. The number of benzene rings is 1. The molecule has 0 spiro atoms.